The number of halogens is 1. The van der Waals surface area contributed by atoms with Crippen LogP contribution in [0.2, 0.25) is 0 Å². The number of aromatic amines is 1. The topological polar surface area (TPSA) is 49.0 Å². The Morgan fingerprint density at radius 3 is 2.21 bits per heavy atom. The van der Waals surface area contributed by atoms with Crippen molar-refractivity contribution in [3.05, 3.63) is 60.6 Å². The van der Waals surface area contributed by atoms with Crippen LogP contribution in [0.3, 0.4) is 0 Å². The summed E-state index contributed by atoms with van der Waals surface area (Å²) in [6.45, 7) is 5.32. The quantitative estimate of drug-likeness (QED) is 0.587. The fourth-order valence-corrected chi connectivity index (χ4v) is 4.64. The first kappa shape index (κ1) is 17.4. The molecule has 0 aliphatic rings. The van der Waals surface area contributed by atoms with Gasteiger partial charge in [0.1, 0.15) is 0 Å². The minimum atomic E-state index is -0.0631. The summed E-state index contributed by atoms with van der Waals surface area (Å²) in [7, 11) is 0. The van der Waals surface area contributed by atoms with E-state index in [0.717, 1.165) is 19.9 Å². The fraction of sp³-hybridized carbons (Fsp3) is 0.294. The minimum absolute atomic E-state index is 0.0631. The first-order chi connectivity index (χ1) is 11.6. The lowest BCUT2D eigenvalue weighted by atomic mass is 10.1. The van der Waals surface area contributed by atoms with E-state index in [2.05, 4.69) is 52.1 Å². The number of rotatable bonds is 6. The maximum absolute atomic E-state index is 13.1. The van der Waals surface area contributed by atoms with Gasteiger partial charge in [-0.2, -0.15) is 5.10 Å². The SMILES string of the molecule is CC(C)c1[nH]nc(C(=O)N(Cc2cccs2)Cc2cccs2)c1Br. The lowest BCUT2D eigenvalue weighted by Crippen LogP contribution is -2.30. The monoisotopic (exact) mass is 423 g/mol. The standard InChI is InChI=1S/C17H18BrN3OS2/c1-11(2)15-14(18)16(20-19-15)17(22)21(9-12-5-3-7-23-12)10-13-6-4-8-24-13/h3-8,11H,9-10H2,1-2H3,(H,19,20). The van der Waals surface area contributed by atoms with Gasteiger partial charge in [0.05, 0.1) is 23.3 Å². The van der Waals surface area contributed by atoms with Crippen LogP contribution in [0.4, 0.5) is 0 Å². The van der Waals surface area contributed by atoms with E-state index in [4.69, 9.17) is 0 Å². The molecule has 24 heavy (non-hydrogen) atoms. The Labute approximate surface area is 157 Å². The summed E-state index contributed by atoms with van der Waals surface area (Å²) in [5.41, 5.74) is 1.40. The molecule has 3 aromatic heterocycles. The molecule has 3 rings (SSSR count). The van der Waals surface area contributed by atoms with Gasteiger partial charge in [0, 0.05) is 9.75 Å². The second-order valence-corrected chi connectivity index (χ2v) is 8.63. The number of nitrogens with zero attached hydrogens (tertiary/aromatic N) is 2. The fourth-order valence-electron chi connectivity index (χ4n) is 2.40. The number of nitrogens with one attached hydrogen (secondary N) is 1. The van der Waals surface area contributed by atoms with E-state index in [1.54, 1.807) is 22.7 Å². The molecule has 0 aliphatic heterocycles. The Morgan fingerprint density at radius 2 is 1.79 bits per heavy atom. The van der Waals surface area contributed by atoms with Crippen molar-refractivity contribution in [2.24, 2.45) is 0 Å². The van der Waals surface area contributed by atoms with E-state index in [0.29, 0.717) is 18.8 Å². The normalized spacial score (nSPS) is 11.2. The number of amides is 1. The van der Waals surface area contributed by atoms with Crippen LogP contribution in [0.5, 0.6) is 0 Å². The molecule has 4 nitrogen and oxygen atoms in total. The van der Waals surface area contributed by atoms with Gasteiger partial charge in [-0.25, -0.2) is 0 Å². The van der Waals surface area contributed by atoms with Crippen molar-refractivity contribution in [1.29, 1.82) is 0 Å². The Bertz CT molecular complexity index is 758. The minimum Gasteiger partial charge on any atom is -0.327 e. The molecule has 3 heterocycles. The van der Waals surface area contributed by atoms with Crippen molar-refractivity contribution in [3.8, 4) is 0 Å². The predicted molar refractivity (Wildman–Crippen MR) is 103 cm³/mol. The molecule has 0 atom stereocenters. The summed E-state index contributed by atoms with van der Waals surface area (Å²) in [6, 6.07) is 8.13. The predicted octanol–water partition coefficient (Wildman–Crippen LogP) is 5.26. The van der Waals surface area contributed by atoms with Crippen LogP contribution in [0.25, 0.3) is 0 Å². The van der Waals surface area contributed by atoms with Gasteiger partial charge in [0.25, 0.3) is 5.91 Å². The van der Waals surface area contributed by atoms with E-state index in [1.165, 1.54) is 0 Å². The smallest absolute Gasteiger partial charge is 0.276 e. The number of hydrogen-bond acceptors (Lipinski definition) is 4. The van der Waals surface area contributed by atoms with E-state index in [1.807, 2.05) is 27.8 Å². The van der Waals surface area contributed by atoms with Crippen molar-refractivity contribution in [2.75, 3.05) is 0 Å². The third kappa shape index (κ3) is 3.79. The number of carbonyl (C=O) groups is 1. The van der Waals surface area contributed by atoms with E-state index >= 15 is 0 Å². The van der Waals surface area contributed by atoms with E-state index < -0.39 is 0 Å². The summed E-state index contributed by atoms with van der Waals surface area (Å²) < 4.78 is 0.768. The molecule has 126 valence electrons. The first-order valence-corrected chi connectivity index (χ1v) is 10.2. The van der Waals surface area contributed by atoms with E-state index in [-0.39, 0.29) is 11.8 Å². The summed E-state index contributed by atoms with van der Waals surface area (Å²) in [4.78, 5) is 17.3. The summed E-state index contributed by atoms with van der Waals surface area (Å²) >= 11 is 6.86. The average Bonchev–Trinajstić information content (AvgIpc) is 3.27. The number of thiophene rings is 2. The van der Waals surface area contributed by atoms with Crippen LogP contribution in [-0.2, 0) is 13.1 Å². The average molecular weight is 424 g/mol. The summed E-state index contributed by atoms with van der Waals surface area (Å²) in [6.07, 6.45) is 0. The van der Waals surface area contributed by atoms with Crippen molar-refractivity contribution in [2.45, 2.75) is 32.9 Å². The second kappa shape index (κ2) is 7.63. The zero-order valence-corrected chi connectivity index (χ0v) is 16.7. The molecule has 0 radical (unpaired) electrons. The molecule has 7 heteroatoms. The van der Waals surface area contributed by atoms with Gasteiger partial charge in [0.15, 0.2) is 5.69 Å². The highest BCUT2D eigenvalue weighted by molar-refractivity contribution is 9.10. The second-order valence-electron chi connectivity index (χ2n) is 5.77. The summed E-state index contributed by atoms with van der Waals surface area (Å²) in [5.74, 6) is 0.211. The number of carbonyl (C=O) groups excluding carboxylic acids is 1. The van der Waals surface area contributed by atoms with Gasteiger partial charge < -0.3 is 4.90 Å². The molecule has 0 aromatic carbocycles. The first-order valence-electron chi connectivity index (χ1n) is 7.64. The molecule has 0 saturated heterocycles. The van der Waals surface area contributed by atoms with Crippen LogP contribution >= 0.6 is 38.6 Å². The number of aromatic nitrogens is 2. The lowest BCUT2D eigenvalue weighted by molar-refractivity contribution is 0.0726. The van der Waals surface area contributed by atoms with Gasteiger partial charge in [0.2, 0.25) is 0 Å². The highest BCUT2D eigenvalue weighted by atomic mass is 79.9. The molecule has 0 unspecified atom stereocenters. The molecule has 1 N–H and O–H groups in total. The molecule has 0 spiro atoms. The Balaban J connectivity index is 1.87. The molecule has 1 amide bonds. The zero-order valence-electron chi connectivity index (χ0n) is 13.5. The van der Waals surface area contributed by atoms with Crippen molar-refractivity contribution < 1.29 is 4.79 Å². The van der Waals surface area contributed by atoms with Crippen LogP contribution in [-0.4, -0.2) is 21.0 Å². The third-order valence-corrected chi connectivity index (χ3v) is 6.18. The van der Waals surface area contributed by atoms with Crippen LogP contribution in [0.15, 0.2) is 39.5 Å². The molecular weight excluding hydrogens is 406 g/mol. The van der Waals surface area contributed by atoms with Crippen molar-refractivity contribution in [1.82, 2.24) is 15.1 Å². The molecule has 3 aromatic rings. The highest BCUT2D eigenvalue weighted by Gasteiger charge is 2.25. The molecule has 0 fully saturated rings. The third-order valence-electron chi connectivity index (χ3n) is 3.65. The Kier molecular flexibility index (Phi) is 5.53. The maximum Gasteiger partial charge on any atom is 0.276 e. The molecule has 0 bridgehead atoms. The Morgan fingerprint density at radius 1 is 1.21 bits per heavy atom. The van der Waals surface area contributed by atoms with Crippen LogP contribution in [0, 0.1) is 0 Å². The lowest BCUT2D eigenvalue weighted by Gasteiger charge is -2.20. The van der Waals surface area contributed by atoms with Gasteiger partial charge in [-0.1, -0.05) is 26.0 Å². The molecule has 0 aliphatic carbocycles. The summed E-state index contributed by atoms with van der Waals surface area (Å²) in [5, 5.41) is 11.3. The Hall–Kier alpha value is -1.44. The van der Waals surface area contributed by atoms with Gasteiger partial charge in [-0.15, -0.1) is 22.7 Å². The largest absolute Gasteiger partial charge is 0.327 e. The molecule has 0 saturated carbocycles. The number of H-pyrrole nitrogens is 1. The number of hydrogen-bond donors (Lipinski definition) is 1. The van der Waals surface area contributed by atoms with Gasteiger partial charge in [-0.05, 0) is 44.7 Å². The zero-order chi connectivity index (χ0) is 17.1. The molecular formula is C17H18BrN3OS2. The van der Waals surface area contributed by atoms with Crippen LogP contribution < -0.4 is 0 Å². The van der Waals surface area contributed by atoms with Gasteiger partial charge >= 0.3 is 0 Å². The maximum atomic E-state index is 13.1. The van der Waals surface area contributed by atoms with Crippen molar-refractivity contribution in [3.63, 3.8) is 0 Å². The van der Waals surface area contributed by atoms with Crippen molar-refractivity contribution >= 4 is 44.5 Å². The highest BCUT2D eigenvalue weighted by Crippen LogP contribution is 2.28. The van der Waals surface area contributed by atoms with E-state index in [9.17, 15) is 4.79 Å². The van der Waals surface area contributed by atoms with Gasteiger partial charge in [-0.3, -0.25) is 9.89 Å². The van der Waals surface area contributed by atoms with Crippen LogP contribution in [0.1, 0.15) is 45.7 Å².